The van der Waals surface area contributed by atoms with Crippen LogP contribution >= 0.6 is 0 Å². The lowest BCUT2D eigenvalue weighted by Gasteiger charge is -2.29. The first-order valence-corrected chi connectivity index (χ1v) is 10.9. The molecule has 1 fully saturated rings. The van der Waals surface area contributed by atoms with Crippen molar-refractivity contribution in [1.82, 2.24) is 5.32 Å². The molecule has 1 aliphatic rings. The number of carbonyl (C=O) groups is 2. The Morgan fingerprint density at radius 1 is 0.968 bits per heavy atom. The van der Waals surface area contributed by atoms with Crippen molar-refractivity contribution in [2.75, 3.05) is 46.4 Å². The second kappa shape index (κ2) is 12.0. The minimum atomic E-state index is -0.658. The van der Waals surface area contributed by atoms with E-state index in [2.05, 4.69) is 29.6 Å². The monoisotopic (exact) mass is 423 g/mol. The maximum Gasteiger partial charge on any atom is 0.328 e. The van der Waals surface area contributed by atoms with Gasteiger partial charge in [-0.3, -0.25) is 4.79 Å². The van der Waals surface area contributed by atoms with Gasteiger partial charge in [-0.15, -0.1) is 0 Å². The zero-order valence-corrected chi connectivity index (χ0v) is 18.2. The van der Waals surface area contributed by atoms with Crippen molar-refractivity contribution in [1.29, 1.82) is 0 Å². The Hall–Kier alpha value is -2.96. The number of methoxy groups -OCH3 is 1. The maximum atomic E-state index is 12.6. The highest BCUT2D eigenvalue weighted by atomic mass is 16.5. The van der Waals surface area contributed by atoms with Crippen molar-refractivity contribution >= 4 is 18.0 Å². The quantitative estimate of drug-likeness (QED) is 0.472. The summed E-state index contributed by atoms with van der Waals surface area (Å²) in [7, 11) is 1.35. The third-order valence-electron chi connectivity index (χ3n) is 5.69. The summed E-state index contributed by atoms with van der Waals surface area (Å²) in [5, 5.41) is 2.87. The van der Waals surface area contributed by atoms with Crippen LogP contribution in [-0.4, -0.2) is 64.3 Å². The first-order chi connectivity index (χ1) is 15.1. The molecule has 1 aliphatic heterocycles. The van der Waals surface area contributed by atoms with Crippen molar-refractivity contribution in [3.05, 3.63) is 77.9 Å². The molecule has 2 aromatic rings. The van der Waals surface area contributed by atoms with E-state index in [1.165, 1.54) is 22.5 Å². The smallest absolute Gasteiger partial charge is 0.328 e. The Kier molecular flexibility index (Phi) is 8.82. The van der Waals surface area contributed by atoms with Crippen molar-refractivity contribution in [3.63, 3.8) is 0 Å². The molecule has 0 saturated carbocycles. The molecule has 0 radical (unpaired) electrons. The lowest BCUT2D eigenvalue weighted by molar-refractivity contribution is -1.01. The second-order valence-electron chi connectivity index (χ2n) is 8.03. The maximum absolute atomic E-state index is 12.6. The normalized spacial score (nSPS) is 19.6. The number of piperazine rings is 1. The third kappa shape index (κ3) is 7.66. The zero-order chi connectivity index (χ0) is 21.9. The highest BCUT2D eigenvalue weighted by Crippen LogP contribution is 2.04. The van der Waals surface area contributed by atoms with E-state index in [-0.39, 0.29) is 5.91 Å². The lowest BCUT2D eigenvalue weighted by atomic mass is 10.1. The fraction of sp³-hybridized carbons (Fsp3) is 0.360. The SMILES string of the molecule is COC(=O)[C@@H](Cc1ccccc1)NC(=O)C[NH+]1CC[NH+](C/C=C/c2ccccc2)CC1. The van der Waals surface area contributed by atoms with Crippen LogP contribution < -0.4 is 15.1 Å². The molecule has 2 aromatic carbocycles. The Morgan fingerprint density at radius 2 is 1.58 bits per heavy atom. The minimum absolute atomic E-state index is 0.103. The summed E-state index contributed by atoms with van der Waals surface area (Å²) in [5.41, 5.74) is 2.21. The Bertz CT molecular complexity index is 847. The van der Waals surface area contributed by atoms with Crippen LogP contribution in [0.5, 0.6) is 0 Å². The van der Waals surface area contributed by atoms with Gasteiger partial charge in [0, 0.05) is 6.42 Å². The zero-order valence-electron chi connectivity index (χ0n) is 18.2. The summed E-state index contributed by atoms with van der Waals surface area (Å²) >= 11 is 0. The average Bonchev–Trinajstić information content (AvgIpc) is 2.80. The van der Waals surface area contributed by atoms with Crippen LogP contribution in [0.4, 0.5) is 0 Å². The molecule has 0 aliphatic carbocycles. The third-order valence-corrected chi connectivity index (χ3v) is 5.69. The highest BCUT2D eigenvalue weighted by molar-refractivity contribution is 5.85. The first-order valence-electron chi connectivity index (χ1n) is 10.9. The van der Waals surface area contributed by atoms with E-state index in [1.54, 1.807) is 0 Å². The summed E-state index contributed by atoms with van der Waals surface area (Å²) in [6.45, 7) is 5.34. The molecule has 1 amide bonds. The molecule has 3 N–H and O–H groups in total. The van der Waals surface area contributed by atoms with Crippen molar-refractivity contribution in [2.24, 2.45) is 0 Å². The van der Waals surface area contributed by atoms with Crippen LogP contribution in [0.1, 0.15) is 11.1 Å². The first kappa shape index (κ1) is 22.7. The molecule has 3 rings (SSSR count). The van der Waals surface area contributed by atoms with Crippen LogP contribution in [0.2, 0.25) is 0 Å². The van der Waals surface area contributed by atoms with Crippen LogP contribution in [0, 0.1) is 0 Å². The van der Waals surface area contributed by atoms with Gasteiger partial charge in [-0.1, -0.05) is 66.7 Å². The molecule has 1 saturated heterocycles. The van der Waals surface area contributed by atoms with Crippen LogP contribution in [0.3, 0.4) is 0 Å². The van der Waals surface area contributed by atoms with Gasteiger partial charge in [0.1, 0.15) is 32.2 Å². The number of quaternary nitrogens is 2. The molecule has 1 heterocycles. The van der Waals surface area contributed by atoms with Gasteiger partial charge in [0.25, 0.3) is 5.91 Å². The molecule has 0 spiro atoms. The Labute approximate surface area is 184 Å². The van der Waals surface area contributed by atoms with E-state index >= 15 is 0 Å². The lowest BCUT2D eigenvalue weighted by Crippen LogP contribution is -3.28. The number of ether oxygens (including phenoxy) is 1. The van der Waals surface area contributed by atoms with Gasteiger partial charge in [-0.25, -0.2) is 4.79 Å². The second-order valence-corrected chi connectivity index (χ2v) is 8.03. The summed E-state index contributed by atoms with van der Waals surface area (Å²) < 4.78 is 4.89. The van der Waals surface area contributed by atoms with E-state index in [1.807, 2.05) is 48.5 Å². The van der Waals surface area contributed by atoms with Crippen LogP contribution in [0.15, 0.2) is 66.7 Å². The molecule has 164 valence electrons. The molecule has 0 unspecified atom stereocenters. The fourth-order valence-electron chi connectivity index (χ4n) is 3.92. The molecule has 31 heavy (non-hydrogen) atoms. The Morgan fingerprint density at radius 3 is 2.23 bits per heavy atom. The van der Waals surface area contributed by atoms with Gasteiger partial charge in [-0.2, -0.15) is 0 Å². The standard InChI is InChI=1S/C25H31N3O3/c1-31-25(30)23(19-22-11-6-3-7-12-22)26-24(29)20-28-17-15-27(16-18-28)14-8-13-21-9-4-2-5-10-21/h2-13,23H,14-20H2,1H3,(H,26,29)/p+2/b13-8+/t23-/m1/s1. The van der Waals surface area contributed by atoms with E-state index in [0.29, 0.717) is 13.0 Å². The molecule has 6 nitrogen and oxygen atoms in total. The summed E-state index contributed by atoms with van der Waals surface area (Å²) in [6, 6.07) is 19.3. The average molecular weight is 424 g/mol. The molecule has 0 aromatic heterocycles. The molecule has 1 atom stereocenters. The number of nitrogens with one attached hydrogen (secondary N) is 3. The summed E-state index contributed by atoms with van der Waals surface area (Å²) in [4.78, 5) is 27.5. The predicted octanol–water partition coefficient (Wildman–Crippen LogP) is -0.616. The predicted molar refractivity (Wildman–Crippen MR) is 121 cm³/mol. The number of benzene rings is 2. The van der Waals surface area contributed by atoms with Gasteiger partial charge in [0.15, 0.2) is 6.54 Å². The van der Waals surface area contributed by atoms with Crippen molar-refractivity contribution in [3.8, 4) is 0 Å². The van der Waals surface area contributed by atoms with Gasteiger partial charge in [0.05, 0.1) is 13.7 Å². The molecule has 6 heteroatoms. The van der Waals surface area contributed by atoms with E-state index in [9.17, 15) is 9.59 Å². The minimum Gasteiger partial charge on any atom is -0.467 e. The van der Waals surface area contributed by atoms with Gasteiger partial charge >= 0.3 is 5.97 Å². The fourth-order valence-corrected chi connectivity index (χ4v) is 3.92. The largest absolute Gasteiger partial charge is 0.467 e. The van der Waals surface area contributed by atoms with Crippen molar-refractivity contribution in [2.45, 2.75) is 12.5 Å². The van der Waals surface area contributed by atoms with Crippen molar-refractivity contribution < 1.29 is 24.1 Å². The molecular weight excluding hydrogens is 390 g/mol. The molecule has 0 bridgehead atoms. The summed E-state index contributed by atoms with van der Waals surface area (Å²) in [6.07, 6.45) is 4.83. The number of rotatable bonds is 9. The number of hydrogen-bond donors (Lipinski definition) is 3. The van der Waals surface area contributed by atoms with Gasteiger partial charge in [-0.05, 0) is 17.2 Å². The van der Waals surface area contributed by atoms with E-state index in [0.717, 1.165) is 38.3 Å². The Balaban J connectivity index is 1.42. The number of amides is 1. The molecular formula is C25H33N3O3+2. The number of carbonyl (C=O) groups excluding carboxylic acids is 2. The van der Waals surface area contributed by atoms with Crippen LogP contribution in [-0.2, 0) is 20.7 Å². The van der Waals surface area contributed by atoms with E-state index in [4.69, 9.17) is 4.74 Å². The topological polar surface area (TPSA) is 64.3 Å². The van der Waals surface area contributed by atoms with Crippen LogP contribution in [0.25, 0.3) is 6.08 Å². The number of esters is 1. The van der Waals surface area contributed by atoms with Gasteiger partial charge < -0.3 is 19.9 Å². The summed E-state index contributed by atoms with van der Waals surface area (Å²) in [5.74, 6) is -0.513. The van der Waals surface area contributed by atoms with Gasteiger partial charge in [0.2, 0.25) is 0 Å². The number of hydrogen-bond acceptors (Lipinski definition) is 3. The van der Waals surface area contributed by atoms with E-state index < -0.39 is 12.0 Å². The highest BCUT2D eigenvalue weighted by Gasteiger charge is 2.27.